The van der Waals surface area contributed by atoms with Gasteiger partial charge in [0.15, 0.2) is 0 Å². The zero-order valence-electron chi connectivity index (χ0n) is 13.3. The third-order valence-electron chi connectivity index (χ3n) is 3.28. The van der Waals surface area contributed by atoms with Crippen molar-refractivity contribution in [2.24, 2.45) is 0 Å². The van der Waals surface area contributed by atoms with Gasteiger partial charge in [-0.2, -0.15) is 0 Å². The molecule has 4 nitrogen and oxygen atoms in total. The van der Waals surface area contributed by atoms with E-state index in [2.05, 4.69) is 0 Å². The molecular formula is C16H23NO3S. The first-order valence-electron chi connectivity index (χ1n) is 6.85. The minimum absolute atomic E-state index is 0.0513. The Morgan fingerprint density at radius 2 is 1.90 bits per heavy atom. The molecule has 5 heteroatoms. The Bertz CT molecular complexity index is 535. The Kier molecular flexibility index (Phi) is 5.84. The van der Waals surface area contributed by atoms with Crippen molar-refractivity contribution >= 4 is 23.6 Å². The summed E-state index contributed by atoms with van der Waals surface area (Å²) in [5.74, 6) is -1.01. The van der Waals surface area contributed by atoms with Crippen molar-refractivity contribution in [3.63, 3.8) is 0 Å². The number of nitrogens with zero attached hydrogens (tertiary/aromatic N) is 1. The molecule has 0 aromatic heterocycles. The van der Waals surface area contributed by atoms with E-state index in [-0.39, 0.29) is 18.9 Å². The average molecular weight is 309 g/mol. The smallest absolute Gasteiger partial charge is 0.305 e. The Labute approximate surface area is 130 Å². The van der Waals surface area contributed by atoms with Crippen LogP contribution in [-0.4, -0.2) is 40.2 Å². The van der Waals surface area contributed by atoms with Crippen LogP contribution in [0.25, 0.3) is 0 Å². The molecule has 0 unspecified atom stereocenters. The number of benzene rings is 1. The molecule has 0 saturated heterocycles. The van der Waals surface area contributed by atoms with Crippen molar-refractivity contribution in [2.45, 2.75) is 44.6 Å². The lowest BCUT2D eigenvalue weighted by Gasteiger charge is -2.36. The molecule has 1 N–H and O–H groups in total. The van der Waals surface area contributed by atoms with Crippen LogP contribution in [0.3, 0.4) is 0 Å². The van der Waals surface area contributed by atoms with Crippen LogP contribution in [0.4, 0.5) is 0 Å². The van der Waals surface area contributed by atoms with Gasteiger partial charge in [-0.1, -0.05) is 6.07 Å². The molecule has 0 atom stereocenters. The number of hydrogen-bond donors (Lipinski definition) is 1. The fourth-order valence-electron chi connectivity index (χ4n) is 2.05. The highest BCUT2D eigenvalue weighted by Crippen LogP contribution is 2.23. The molecule has 0 aliphatic heterocycles. The van der Waals surface area contributed by atoms with E-state index in [1.807, 2.05) is 52.1 Å². The summed E-state index contributed by atoms with van der Waals surface area (Å²) in [6, 6.07) is 5.79. The first-order chi connectivity index (χ1) is 9.66. The fourth-order valence-corrected chi connectivity index (χ4v) is 2.49. The van der Waals surface area contributed by atoms with Crippen LogP contribution in [0.5, 0.6) is 0 Å². The predicted molar refractivity (Wildman–Crippen MR) is 86.0 cm³/mol. The van der Waals surface area contributed by atoms with Gasteiger partial charge in [-0.3, -0.25) is 9.59 Å². The van der Waals surface area contributed by atoms with Gasteiger partial charge in [0.2, 0.25) is 0 Å². The fraction of sp³-hybridized carbons (Fsp3) is 0.500. The van der Waals surface area contributed by atoms with Gasteiger partial charge in [-0.25, -0.2) is 0 Å². The second-order valence-electron chi connectivity index (χ2n) is 5.95. The standard InChI is InChI=1S/C16H23NO3S/c1-11-6-7-12(21-5)10-13(11)15(20)17(16(2,3)4)9-8-14(18)19/h6-7,10H,8-9H2,1-5H3,(H,18,19). The molecule has 21 heavy (non-hydrogen) atoms. The molecule has 1 amide bonds. The minimum Gasteiger partial charge on any atom is -0.481 e. The quantitative estimate of drug-likeness (QED) is 0.847. The lowest BCUT2D eigenvalue weighted by Crippen LogP contribution is -2.46. The summed E-state index contributed by atoms with van der Waals surface area (Å²) in [7, 11) is 0. The maximum Gasteiger partial charge on any atom is 0.305 e. The second kappa shape index (κ2) is 6.98. The van der Waals surface area contributed by atoms with Crippen LogP contribution in [0, 0.1) is 6.92 Å². The molecule has 0 bridgehead atoms. The molecule has 0 aliphatic rings. The van der Waals surface area contributed by atoms with E-state index >= 15 is 0 Å². The Balaban J connectivity index is 3.13. The zero-order chi connectivity index (χ0) is 16.2. The van der Waals surface area contributed by atoms with Crippen LogP contribution >= 0.6 is 11.8 Å². The number of carbonyl (C=O) groups is 2. The lowest BCUT2D eigenvalue weighted by atomic mass is 10.0. The van der Waals surface area contributed by atoms with Gasteiger partial charge in [-0.15, -0.1) is 11.8 Å². The summed E-state index contributed by atoms with van der Waals surface area (Å²) in [5.41, 5.74) is 1.12. The third-order valence-corrected chi connectivity index (χ3v) is 4.00. The highest BCUT2D eigenvalue weighted by Gasteiger charge is 2.28. The summed E-state index contributed by atoms with van der Waals surface area (Å²) in [6.07, 6.45) is 1.91. The van der Waals surface area contributed by atoms with Crippen LogP contribution in [0.1, 0.15) is 43.1 Å². The lowest BCUT2D eigenvalue weighted by molar-refractivity contribution is -0.137. The number of carboxylic acid groups (broad SMARTS) is 1. The zero-order valence-corrected chi connectivity index (χ0v) is 14.1. The summed E-state index contributed by atoms with van der Waals surface area (Å²) < 4.78 is 0. The van der Waals surface area contributed by atoms with E-state index in [0.717, 1.165) is 10.5 Å². The van der Waals surface area contributed by atoms with Gasteiger partial charge < -0.3 is 10.0 Å². The van der Waals surface area contributed by atoms with E-state index in [9.17, 15) is 9.59 Å². The van der Waals surface area contributed by atoms with Crippen LogP contribution in [0.2, 0.25) is 0 Å². The third kappa shape index (κ3) is 4.77. The summed E-state index contributed by atoms with van der Waals surface area (Å²) in [4.78, 5) is 26.3. The number of aryl methyl sites for hydroxylation is 1. The minimum atomic E-state index is -0.897. The van der Waals surface area contributed by atoms with Crippen LogP contribution in [0.15, 0.2) is 23.1 Å². The highest BCUT2D eigenvalue weighted by atomic mass is 32.2. The number of hydrogen-bond acceptors (Lipinski definition) is 3. The van der Waals surface area contributed by atoms with E-state index in [0.29, 0.717) is 5.56 Å². The Hall–Kier alpha value is -1.49. The van der Waals surface area contributed by atoms with E-state index < -0.39 is 11.5 Å². The monoisotopic (exact) mass is 309 g/mol. The predicted octanol–water partition coefficient (Wildman–Crippen LogP) is 3.43. The van der Waals surface area contributed by atoms with Crippen molar-refractivity contribution in [1.82, 2.24) is 4.90 Å². The summed E-state index contributed by atoms with van der Waals surface area (Å²) in [5, 5.41) is 8.88. The largest absolute Gasteiger partial charge is 0.481 e. The van der Waals surface area contributed by atoms with Crippen molar-refractivity contribution in [1.29, 1.82) is 0 Å². The van der Waals surface area contributed by atoms with Gasteiger partial charge in [-0.05, 0) is 51.6 Å². The summed E-state index contributed by atoms with van der Waals surface area (Å²) in [6.45, 7) is 7.86. The highest BCUT2D eigenvalue weighted by molar-refractivity contribution is 7.98. The van der Waals surface area contributed by atoms with Crippen LogP contribution < -0.4 is 0 Å². The number of carboxylic acids is 1. The number of thioether (sulfide) groups is 1. The topological polar surface area (TPSA) is 57.6 Å². The van der Waals surface area contributed by atoms with E-state index in [4.69, 9.17) is 5.11 Å². The Morgan fingerprint density at radius 3 is 2.38 bits per heavy atom. The molecule has 1 aromatic rings. The average Bonchev–Trinajstić information content (AvgIpc) is 2.37. The molecule has 1 rings (SSSR count). The van der Waals surface area contributed by atoms with Gasteiger partial charge >= 0.3 is 5.97 Å². The molecule has 0 heterocycles. The van der Waals surface area contributed by atoms with Crippen molar-refractivity contribution in [2.75, 3.05) is 12.8 Å². The number of amides is 1. The van der Waals surface area contributed by atoms with Crippen molar-refractivity contribution in [3.8, 4) is 0 Å². The molecule has 1 aromatic carbocycles. The molecular weight excluding hydrogens is 286 g/mol. The van der Waals surface area contributed by atoms with Gasteiger partial charge in [0.1, 0.15) is 0 Å². The molecule has 116 valence electrons. The molecule has 0 radical (unpaired) electrons. The first kappa shape index (κ1) is 17.6. The maximum absolute atomic E-state index is 12.8. The van der Waals surface area contributed by atoms with Gasteiger partial charge in [0.25, 0.3) is 5.91 Å². The molecule has 0 aliphatic carbocycles. The van der Waals surface area contributed by atoms with Crippen molar-refractivity contribution in [3.05, 3.63) is 29.3 Å². The number of rotatable bonds is 5. The van der Waals surface area contributed by atoms with Gasteiger partial charge in [0, 0.05) is 22.5 Å². The van der Waals surface area contributed by atoms with Gasteiger partial charge in [0.05, 0.1) is 6.42 Å². The van der Waals surface area contributed by atoms with E-state index in [1.54, 1.807) is 16.7 Å². The second-order valence-corrected chi connectivity index (χ2v) is 6.83. The normalized spacial score (nSPS) is 11.3. The van der Waals surface area contributed by atoms with E-state index in [1.165, 1.54) is 0 Å². The Morgan fingerprint density at radius 1 is 1.29 bits per heavy atom. The SMILES string of the molecule is CSc1ccc(C)c(C(=O)N(CCC(=O)O)C(C)(C)C)c1. The molecule has 0 spiro atoms. The number of aliphatic carboxylic acids is 1. The molecule has 0 saturated carbocycles. The summed E-state index contributed by atoms with van der Waals surface area (Å²) >= 11 is 1.58. The first-order valence-corrected chi connectivity index (χ1v) is 8.07. The maximum atomic E-state index is 12.8. The van der Waals surface area contributed by atoms with Crippen molar-refractivity contribution < 1.29 is 14.7 Å². The number of carbonyl (C=O) groups excluding carboxylic acids is 1. The molecule has 0 fully saturated rings. The van der Waals surface area contributed by atoms with Crippen LogP contribution in [-0.2, 0) is 4.79 Å².